The molecule has 6 unspecified atom stereocenters. The second-order valence-corrected chi connectivity index (χ2v) is 24.0. The molecule has 4 aromatic carbocycles. The summed E-state index contributed by atoms with van der Waals surface area (Å²) in [4.78, 5) is 35.8. The molecule has 2 aliphatic heterocycles. The molecule has 6 N–H and O–H groups in total. The Morgan fingerprint density at radius 1 is 0.571 bits per heavy atom. The van der Waals surface area contributed by atoms with E-state index in [0.29, 0.717) is 42.1 Å². The molecule has 0 spiro atoms. The maximum atomic E-state index is 15.0. The van der Waals surface area contributed by atoms with Crippen molar-refractivity contribution in [3.63, 3.8) is 0 Å². The van der Waals surface area contributed by atoms with E-state index in [0.717, 1.165) is 96.6 Å². The fourth-order valence-corrected chi connectivity index (χ4v) is 11.6. The van der Waals surface area contributed by atoms with E-state index < -0.39 is 18.2 Å². The van der Waals surface area contributed by atoms with E-state index in [-0.39, 0.29) is 43.5 Å². The first kappa shape index (κ1) is 67.8. The third-order valence-corrected chi connectivity index (χ3v) is 16.5. The van der Waals surface area contributed by atoms with Gasteiger partial charge in [-0.3, -0.25) is 19.5 Å². The molecule has 0 radical (unpaired) electrons. The van der Waals surface area contributed by atoms with Gasteiger partial charge in [-0.05, 0) is 110 Å². The number of esters is 1. The molecule has 2 aliphatic rings. The number of aliphatic hydroxyl groups excluding tert-OH is 1. The molecular formula is C70H108N8O6. The van der Waals surface area contributed by atoms with Crippen molar-refractivity contribution in [2.45, 2.75) is 193 Å². The number of aliphatic hydroxyl groups is 1. The van der Waals surface area contributed by atoms with Crippen LogP contribution in [0, 0.1) is 0 Å². The zero-order valence-corrected chi connectivity index (χ0v) is 52.3. The molecule has 4 aromatic rings. The molecule has 6 atom stereocenters. The van der Waals surface area contributed by atoms with Crippen LogP contribution in [0.25, 0.3) is 0 Å². The molecule has 14 heteroatoms. The van der Waals surface area contributed by atoms with Crippen molar-refractivity contribution in [3.8, 4) is 11.5 Å². The lowest BCUT2D eigenvalue weighted by molar-refractivity contribution is -0.144. The molecule has 0 bridgehead atoms. The highest BCUT2D eigenvalue weighted by molar-refractivity contribution is 6.04. The summed E-state index contributed by atoms with van der Waals surface area (Å²) in [5, 5.41) is 28.2. The summed E-state index contributed by atoms with van der Waals surface area (Å²) in [5.41, 5.74) is 4.51. The van der Waals surface area contributed by atoms with E-state index >= 15 is 4.79 Å². The molecule has 1 amide bonds. The summed E-state index contributed by atoms with van der Waals surface area (Å²) in [6, 6.07) is 38.0. The lowest BCUT2D eigenvalue weighted by Gasteiger charge is -2.42. The van der Waals surface area contributed by atoms with Crippen molar-refractivity contribution in [1.29, 1.82) is 0 Å². The second-order valence-electron chi connectivity index (χ2n) is 24.0. The Morgan fingerprint density at radius 3 is 1.62 bits per heavy atom. The zero-order valence-electron chi connectivity index (χ0n) is 52.3. The van der Waals surface area contributed by atoms with Crippen molar-refractivity contribution in [1.82, 2.24) is 31.1 Å². The monoisotopic (exact) mass is 1160 g/mol. The fraction of sp³-hybridized carbons (Fsp3) is 0.600. The molecule has 2 heterocycles. The number of unbranched alkanes of at least 4 members (excludes halogenated alkanes) is 8. The maximum absolute atomic E-state index is 15.0. The van der Waals surface area contributed by atoms with Crippen molar-refractivity contribution in [3.05, 3.63) is 132 Å². The van der Waals surface area contributed by atoms with Crippen LogP contribution in [0.1, 0.15) is 167 Å². The van der Waals surface area contributed by atoms with Gasteiger partial charge >= 0.3 is 5.97 Å². The van der Waals surface area contributed by atoms with Crippen LogP contribution in [0.5, 0.6) is 11.5 Å². The van der Waals surface area contributed by atoms with E-state index in [1.54, 1.807) is 0 Å². The average molecular weight is 1160 g/mol. The number of anilines is 2. The predicted molar refractivity (Wildman–Crippen MR) is 346 cm³/mol. The minimum Gasteiger partial charge on any atom is -0.491 e. The van der Waals surface area contributed by atoms with Crippen LogP contribution in [0.4, 0.5) is 11.4 Å². The Bertz CT molecular complexity index is 2380. The first-order valence-electron chi connectivity index (χ1n) is 32.6. The van der Waals surface area contributed by atoms with Gasteiger partial charge in [0.15, 0.2) is 0 Å². The number of nitrogens with one attached hydrogen (secondary N) is 5. The lowest BCUT2D eigenvalue weighted by atomic mass is 9.88. The molecule has 2 fully saturated rings. The Balaban J connectivity index is 1.15. The Morgan fingerprint density at radius 2 is 1.07 bits per heavy atom. The predicted octanol–water partition coefficient (Wildman–Crippen LogP) is 12.0. The SMILES string of the molecule is CCCCCCCC(CCC(Nc1ccc(OCC(CNC(C)C)OC(=O)/C=C\C(=O)N(c2ccc(OCC(O)CNC(C)C)cc2)C(CCC(CCCCCCC)c2ccccc2)N2CCNCC2)cc1)N1CCNCC1)c1ccccc1. The van der Waals surface area contributed by atoms with Crippen LogP contribution in [0.2, 0.25) is 0 Å². The summed E-state index contributed by atoms with van der Waals surface area (Å²) in [6.45, 7) is 20.9. The largest absolute Gasteiger partial charge is 0.491 e. The topological polar surface area (TPSA) is 152 Å². The summed E-state index contributed by atoms with van der Waals surface area (Å²) < 4.78 is 18.5. The average Bonchev–Trinajstić information content (AvgIpc) is 3.64. The Kier molecular flexibility index (Phi) is 31.8. The van der Waals surface area contributed by atoms with Gasteiger partial charge in [-0.15, -0.1) is 0 Å². The second kappa shape index (κ2) is 39.4. The number of ether oxygens (including phenoxy) is 3. The normalized spacial score (nSPS) is 16.5. The first-order chi connectivity index (χ1) is 41.0. The van der Waals surface area contributed by atoms with Gasteiger partial charge in [0.1, 0.15) is 36.9 Å². The number of piperazine rings is 2. The lowest BCUT2D eigenvalue weighted by Crippen LogP contribution is -2.56. The minimum atomic E-state index is -0.678. The van der Waals surface area contributed by atoms with Gasteiger partial charge < -0.3 is 45.9 Å². The van der Waals surface area contributed by atoms with Gasteiger partial charge in [0.05, 0.1) is 12.3 Å². The zero-order chi connectivity index (χ0) is 59.6. The summed E-state index contributed by atoms with van der Waals surface area (Å²) in [5.74, 6) is 1.20. The summed E-state index contributed by atoms with van der Waals surface area (Å²) >= 11 is 0. The van der Waals surface area contributed by atoms with Gasteiger partial charge in [-0.2, -0.15) is 0 Å². The third-order valence-electron chi connectivity index (χ3n) is 16.5. The fourth-order valence-electron chi connectivity index (χ4n) is 11.6. The number of carbonyl (C=O) groups is 2. The molecule has 6 rings (SSSR count). The Hall–Kier alpha value is -5.32. The van der Waals surface area contributed by atoms with E-state index in [2.05, 4.69) is 137 Å². The smallest absolute Gasteiger partial charge is 0.331 e. The van der Waals surface area contributed by atoms with Crippen LogP contribution in [0.15, 0.2) is 121 Å². The number of carbonyl (C=O) groups excluding carboxylic acids is 2. The minimum absolute atomic E-state index is 0.126. The van der Waals surface area contributed by atoms with Crippen LogP contribution < -0.4 is 41.0 Å². The molecule has 2 saturated heterocycles. The van der Waals surface area contributed by atoms with Crippen molar-refractivity contribution in [2.75, 3.05) is 88.9 Å². The molecule has 464 valence electrons. The van der Waals surface area contributed by atoms with E-state index in [9.17, 15) is 9.90 Å². The molecule has 14 nitrogen and oxygen atoms in total. The van der Waals surface area contributed by atoms with E-state index in [1.165, 1.54) is 87.5 Å². The van der Waals surface area contributed by atoms with Gasteiger partial charge in [0.2, 0.25) is 0 Å². The molecule has 0 aromatic heterocycles. The standard InChI is InChI=1S/C70H108N8O6/c1-7-9-11-13-17-27-59(57-23-19-15-20-24-57)29-39-67(76-47-43-71-44-48-76)75-61-31-35-64(36-32-61)83-54-66(52-74-56(5)6)84-70(81)42-41-69(80)78(62-33-37-65(38-34-62)82-53-63(79)51-73-55(3)4)68(77-49-45-72-46-50-77)40-30-60(28-18-14-12-10-8-2)58-25-21-16-22-26-58/h15-16,19-26,31-38,41-42,55-56,59-60,63,66-68,71-75,79H,7-14,17-18,27-30,39-40,43-54H2,1-6H3/b42-41-. The number of rotatable bonds is 41. The van der Waals surface area contributed by atoms with E-state index in [4.69, 9.17) is 14.2 Å². The van der Waals surface area contributed by atoms with E-state index in [1.807, 2.05) is 55.1 Å². The highest BCUT2D eigenvalue weighted by Crippen LogP contribution is 2.33. The Labute approximate surface area is 506 Å². The van der Waals surface area contributed by atoms with Crippen molar-refractivity contribution >= 4 is 23.3 Å². The number of hydrogen-bond donors (Lipinski definition) is 6. The molecule has 0 aliphatic carbocycles. The van der Waals surface area contributed by atoms with Crippen LogP contribution in [-0.4, -0.2) is 142 Å². The van der Waals surface area contributed by atoms with Crippen molar-refractivity contribution in [2.24, 2.45) is 0 Å². The highest BCUT2D eigenvalue weighted by atomic mass is 16.6. The number of nitrogens with zero attached hydrogens (tertiary/aromatic N) is 3. The van der Waals surface area contributed by atoms with Crippen LogP contribution in [-0.2, 0) is 14.3 Å². The summed E-state index contributed by atoms with van der Waals surface area (Å²) in [7, 11) is 0. The quantitative estimate of drug-likeness (QED) is 0.0142. The number of hydrogen-bond acceptors (Lipinski definition) is 13. The number of amides is 1. The summed E-state index contributed by atoms with van der Waals surface area (Å²) in [6.07, 6.45) is 19.8. The third kappa shape index (κ3) is 25.3. The van der Waals surface area contributed by atoms with Crippen molar-refractivity contribution < 1.29 is 28.9 Å². The van der Waals surface area contributed by atoms with Crippen LogP contribution >= 0.6 is 0 Å². The first-order valence-corrected chi connectivity index (χ1v) is 32.6. The highest BCUT2D eigenvalue weighted by Gasteiger charge is 2.32. The van der Waals surface area contributed by atoms with Gasteiger partial charge in [0, 0.05) is 101 Å². The number of benzene rings is 4. The molecule has 84 heavy (non-hydrogen) atoms. The van der Waals surface area contributed by atoms with Gasteiger partial charge in [-0.25, -0.2) is 4.79 Å². The van der Waals surface area contributed by atoms with Gasteiger partial charge in [-0.1, -0.05) is 166 Å². The van der Waals surface area contributed by atoms with Crippen LogP contribution in [0.3, 0.4) is 0 Å². The molecule has 0 saturated carbocycles. The van der Waals surface area contributed by atoms with Gasteiger partial charge in [0.25, 0.3) is 5.91 Å². The molecular weight excluding hydrogens is 1050 g/mol. The maximum Gasteiger partial charge on any atom is 0.331 e.